The Hall–Kier alpha value is -2.93. The first kappa shape index (κ1) is 25.2. The van der Waals surface area contributed by atoms with Crippen molar-refractivity contribution in [2.75, 3.05) is 26.7 Å². The van der Waals surface area contributed by atoms with Gasteiger partial charge < -0.3 is 14.7 Å². The summed E-state index contributed by atoms with van der Waals surface area (Å²) in [6, 6.07) is 8.12. The molecule has 2 N–H and O–H groups in total. The highest BCUT2D eigenvalue weighted by atomic mass is 16.5. The van der Waals surface area contributed by atoms with E-state index in [1.165, 1.54) is 11.1 Å². The second-order valence-electron chi connectivity index (χ2n) is 9.93. The smallest absolute Gasteiger partial charge is 0.303 e. The Balaban J connectivity index is 1.28. The van der Waals surface area contributed by atoms with Crippen LogP contribution in [0.4, 0.5) is 0 Å². The van der Waals surface area contributed by atoms with Gasteiger partial charge in [0.2, 0.25) is 0 Å². The molecule has 1 aromatic carbocycles. The summed E-state index contributed by atoms with van der Waals surface area (Å²) in [6.45, 7) is 5.08. The molecule has 0 aliphatic carbocycles. The van der Waals surface area contributed by atoms with Crippen molar-refractivity contribution in [3.63, 3.8) is 0 Å². The van der Waals surface area contributed by atoms with Crippen molar-refractivity contribution >= 4 is 16.9 Å². The van der Waals surface area contributed by atoms with E-state index in [9.17, 15) is 9.90 Å². The molecule has 2 aromatic heterocycles. The fourth-order valence-electron chi connectivity index (χ4n) is 5.56. The number of carbonyl (C=O) groups is 1. The van der Waals surface area contributed by atoms with Crippen LogP contribution < -0.4 is 4.74 Å². The number of carboxylic acid groups (broad SMARTS) is 1. The molecule has 1 saturated heterocycles. The van der Waals surface area contributed by atoms with Crippen LogP contribution in [-0.4, -0.2) is 57.9 Å². The van der Waals surface area contributed by atoms with Crippen molar-refractivity contribution in [3.8, 4) is 5.75 Å². The third-order valence-electron chi connectivity index (χ3n) is 7.58. The van der Waals surface area contributed by atoms with Crippen molar-refractivity contribution < 1.29 is 14.6 Å². The van der Waals surface area contributed by atoms with Gasteiger partial charge in [-0.3, -0.25) is 14.9 Å². The van der Waals surface area contributed by atoms with Gasteiger partial charge >= 0.3 is 5.97 Å². The van der Waals surface area contributed by atoms with Crippen molar-refractivity contribution in [2.24, 2.45) is 11.8 Å². The molecule has 0 unspecified atom stereocenters. The minimum atomic E-state index is -0.676. The molecule has 3 heterocycles. The van der Waals surface area contributed by atoms with E-state index < -0.39 is 5.97 Å². The van der Waals surface area contributed by atoms with E-state index in [-0.39, 0.29) is 12.3 Å². The van der Waals surface area contributed by atoms with Crippen LogP contribution in [0.2, 0.25) is 0 Å². The molecule has 35 heavy (non-hydrogen) atoms. The number of aryl methyl sites for hydroxylation is 3. The fraction of sp³-hybridized carbons (Fsp3) is 0.536. The summed E-state index contributed by atoms with van der Waals surface area (Å²) < 4.78 is 5.40. The molecule has 188 valence electrons. The maximum absolute atomic E-state index is 11.6. The lowest BCUT2D eigenvalue weighted by Gasteiger charge is -2.38. The first-order chi connectivity index (χ1) is 17.0. The second-order valence-corrected chi connectivity index (χ2v) is 9.93. The average Bonchev–Trinajstić information content (AvgIpc) is 3.27. The van der Waals surface area contributed by atoms with E-state index in [2.05, 4.69) is 39.1 Å². The summed E-state index contributed by atoms with van der Waals surface area (Å²) in [4.78, 5) is 18.6. The zero-order valence-electron chi connectivity index (χ0n) is 21.0. The van der Waals surface area contributed by atoms with Crippen LogP contribution in [0.15, 0.2) is 36.7 Å². The Kier molecular flexibility index (Phi) is 8.74. The number of pyridine rings is 1. The number of methoxy groups -OCH3 is 1. The van der Waals surface area contributed by atoms with Gasteiger partial charge in [0.1, 0.15) is 5.75 Å². The number of benzene rings is 1. The number of hydrogen-bond donors (Lipinski definition) is 2. The summed E-state index contributed by atoms with van der Waals surface area (Å²) in [7, 11) is 1.69. The number of unbranched alkanes of at least 4 members (excludes halogenated alkanes) is 1. The highest BCUT2D eigenvalue weighted by Gasteiger charge is 2.30. The summed E-state index contributed by atoms with van der Waals surface area (Å²) in [5, 5.41) is 17.8. The molecule has 4 rings (SSSR count). The lowest BCUT2D eigenvalue weighted by atomic mass is 9.79. The molecule has 0 spiro atoms. The van der Waals surface area contributed by atoms with Crippen LogP contribution in [0.5, 0.6) is 5.75 Å². The van der Waals surface area contributed by atoms with Crippen LogP contribution in [0.25, 0.3) is 10.9 Å². The molecule has 1 fully saturated rings. The monoisotopic (exact) mass is 478 g/mol. The van der Waals surface area contributed by atoms with Crippen LogP contribution in [0.3, 0.4) is 0 Å². The molecule has 2 atom stereocenters. The number of carboxylic acids is 1. The van der Waals surface area contributed by atoms with Crippen molar-refractivity contribution in [1.29, 1.82) is 0 Å². The molecule has 0 bridgehead atoms. The molecule has 1 aliphatic rings. The number of aromatic nitrogens is 3. The molecule has 3 aromatic rings. The molecular weight excluding hydrogens is 440 g/mol. The Morgan fingerprint density at radius 1 is 1.17 bits per heavy atom. The summed E-state index contributed by atoms with van der Waals surface area (Å²) in [5.41, 5.74) is 4.73. The third kappa shape index (κ3) is 6.82. The SMILES string of the molecule is COc1ccc2nccc(CCC[C@@H]3CCN(CCCCc4cn[nH]c4C)C[C@@H]3CC(=O)O)c2c1. The van der Waals surface area contributed by atoms with E-state index >= 15 is 0 Å². The van der Waals surface area contributed by atoms with E-state index in [1.807, 2.05) is 24.5 Å². The quantitative estimate of drug-likeness (QED) is 0.355. The van der Waals surface area contributed by atoms with Crippen LogP contribution in [-0.2, 0) is 17.6 Å². The highest BCUT2D eigenvalue weighted by molar-refractivity contribution is 5.83. The number of aromatic amines is 1. The molecular formula is C28H38N4O3. The average molecular weight is 479 g/mol. The molecule has 0 amide bonds. The normalized spacial score (nSPS) is 18.7. The van der Waals surface area contributed by atoms with Gasteiger partial charge in [-0.25, -0.2) is 0 Å². The Labute approximate surface area is 207 Å². The number of piperidine rings is 1. The zero-order valence-corrected chi connectivity index (χ0v) is 21.0. The lowest BCUT2D eigenvalue weighted by molar-refractivity contribution is -0.139. The number of likely N-dealkylation sites (tertiary alicyclic amines) is 1. The van der Waals surface area contributed by atoms with Gasteiger partial charge in [0.05, 0.1) is 18.8 Å². The number of nitrogens with zero attached hydrogens (tertiary/aromatic N) is 3. The minimum absolute atomic E-state index is 0.228. The largest absolute Gasteiger partial charge is 0.497 e. The predicted octanol–water partition coefficient (Wildman–Crippen LogP) is 5.03. The Bertz CT molecular complexity index is 1110. The third-order valence-corrected chi connectivity index (χ3v) is 7.58. The van der Waals surface area contributed by atoms with E-state index in [4.69, 9.17) is 4.74 Å². The number of ether oxygens (including phenoxy) is 1. The van der Waals surface area contributed by atoms with Gasteiger partial charge in [-0.15, -0.1) is 0 Å². The van der Waals surface area contributed by atoms with Crippen LogP contribution in [0.1, 0.15) is 55.3 Å². The standard InChI is InChI=1S/C28H38N4O3/c1-20-23(18-30-31-20)6-3-4-14-32-15-12-21(24(19-32)16-28(33)34)7-5-8-22-11-13-29-27-10-9-25(35-2)17-26(22)27/h9-11,13,17-18,21,24H,3-8,12,14-16,19H2,1-2H3,(H,30,31)(H,33,34)/t21-,24+/m1/s1. The number of fused-ring (bicyclic) bond motifs is 1. The second kappa shape index (κ2) is 12.2. The number of hydrogen-bond acceptors (Lipinski definition) is 5. The van der Waals surface area contributed by atoms with Crippen molar-refractivity contribution in [3.05, 3.63) is 53.5 Å². The zero-order chi connectivity index (χ0) is 24.6. The van der Waals surface area contributed by atoms with E-state index in [0.29, 0.717) is 5.92 Å². The maximum atomic E-state index is 11.6. The number of H-pyrrole nitrogens is 1. The van der Waals surface area contributed by atoms with Gasteiger partial charge in [0.25, 0.3) is 0 Å². The topological polar surface area (TPSA) is 91.3 Å². The van der Waals surface area contributed by atoms with Crippen LogP contribution >= 0.6 is 0 Å². The summed E-state index contributed by atoms with van der Waals surface area (Å²) >= 11 is 0. The van der Waals surface area contributed by atoms with Gasteiger partial charge in [-0.1, -0.05) is 0 Å². The number of rotatable bonds is 12. The molecule has 0 radical (unpaired) electrons. The molecule has 1 aliphatic heterocycles. The first-order valence-electron chi connectivity index (χ1n) is 12.9. The number of aliphatic carboxylic acids is 1. The van der Waals surface area contributed by atoms with E-state index in [0.717, 1.165) is 86.9 Å². The fourth-order valence-corrected chi connectivity index (χ4v) is 5.56. The van der Waals surface area contributed by atoms with Crippen molar-refractivity contribution in [2.45, 2.75) is 58.3 Å². The maximum Gasteiger partial charge on any atom is 0.303 e. The summed E-state index contributed by atoms with van der Waals surface area (Å²) in [6.07, 6.45) is 11.6. The van der Waals surface area contributed by atoms with Gasteiger partial charge in [0, 0.05) is 30.2 Å². The first-order valence-corrected chi connectivity index (χ1v) is 12.9. The van der Waals surface area contributed by atoms with Gasteiger partial charge in [0.15, 0.2) is 0 Å². The van der Waals surface area contributed by atoms with Crippen molar-refractivity contribution in [1.82, 2.24) is 20.1 Å². The molecule has 7 nitrogen and oxygen atoms in total. The van der Waals surface area contributed by atoms with Gasteiger partial charge in [-0.05, 0) is 112 Å². The highest BCUT2D eigenvalue weighted by Crippen LogP contribution is 2.32. The van der Waals surface area contributed by atoms with Gasteiger partial charge in [-0.2, -0.15) is 5.10 Å². The molecule has 7 heteroatoms. The summed E-state index contributed by atoms with van der Waals surface area (Å²) in [5.74, 6) is 0.871. The lowest BCUT2D eigenvalue weighted by Crippen LogP contribution is -2.41. The molecule has 0 saturated carbocycles. The van der Waals surface area contributed by atoms with E-state index in [1.54, 1.807) is 7.11 Å². The van der Waals surface area contributed by atoms with Crippen LogP contribution in [0, 0.1) is 18.8 Å². The minimum Gasteiger partial charge on any atom is -0.497 e. The number of nitrogens with one attached hydrogen (secondary N) is 1. The Morgan fingerprint density at radius 3 is 2.80 bits per heavy atom. The Morgan fingerprint density at radius 2 is 2.03 bits per heavy atom. The predicted molar refractivity (Wildman–Crippen MR) is 138 cm³/mol.